The minimum Gasteiger partial charge on any atom is -0.325 e. The molecule has 1 aromatic heterocycles. The fourth-order valence-corrected chi connectivity index (χ4v) is 2.83. The van der Waals surface area contributed by atoms with E-state index in [1.54, 1.807) is 48.8 Å². The molecule has 0 fully saturated rings. The Kier molecular flexibility index (Phi) is 5.70. The maximum absolute atomic E-state index is 12.1. The number of carbonyl (C=O) groups excluding carboxylic acids is 1. The predicted molar refractivity (Wildman–Crippen MR) is 89.6 cm³/mol. The molecule has 1 aromatic carbocycles. The standard InChI is InChI=1S/C15H16ClN3O3S/c1-23(21,22)19(10-12-5-7-17-8-6-12)11-15(20)18-14-4-2-3-13(16)9-14/h2-9H,10-11H2,1H3,(H,18,20). The summed E-state index contributed by atoms with van der Waals surface area (Å²) < 4.78 is 24.9. The average Bonchev–Trinajstić information content (AvgIpc) is 2.46. The van der Waals surface area contributed by atoms with Crippen LogP contribution in [-0.4, -0.2) is 36.4 Å². The summed E-state index contributed by atoms with van der Waals surface area (Å²) in [4.78, 5) is 16.0. The zero-order valence-electron chi connectivity index (χ0n) is 12.4. The summed E-state index contributed by atoms with van der Waals surface area (Å²) in [6.45, 7) is -0.183. The van der Waals surface area contributed by atoms with Crippen LogP contribution in [0.2, 0.25) is 5.02 Å². The van der Waals surface area contributed by atoms with Gasteiger partial charge in [-0.3, -0.25) is 9.78 Å². The Morgan fingerprint density at radius 3 is 2.57 bits per heavy atom. The highest BCUT2D eigenvalue weighted by molar-refractivity contribution is 7.88. The fraction of sp³-hybridized carbons (Fsp3) is 0.200. The van der Waals surface area contributed by atoms with Crippen molar-refractivity contribution in [2.24, 2.45) is 0 Å². The molecule has 0 spiro atoms. The molecule has 0 unspecified atom stereocenters. The Hall–Kier alpha value is -1.96. The second kappa shape index (κ2) is 7.54. The molecule has 0 radical (unpaired) electrons. The zero-order valence-corrected chi connectivity index (χ0v) is 14.0. The molecule has 2 rings (SSSR count). The van der Waals surface area contributed by atoms with Crippen LogP contribution in [0.25, 0.3) is 0 Å². The monoisotopic (exact) mass is 353 g/mol. The summed E-state index contributed by atoms with van der Waals surface area (Å²) >= 11 is 5.85. The first-order chi connectivity index (χ1) is 10.8. The van der Waals surface area contributed by atoms with Gasteiger partial charge in [0.15, 0.2) is 0 Å². The summed E-state index contributed by atoms with van der Waals surface area (Å²) in [6.07, 6.45) is 4.21. The Morgan fingerprint density at radius 1 is 1.26 bits per heavy atom. The van der Waals surface area contributed by atoms with Crippen molar-refractivity contribution in [3.05, 3.63) is 59.4 Å². The number of amides is 1. The quantitative estimate of drug-likeness (QED) is 0.862. The first-order valence-electron chi connectivity index (χ1n) is 6.74. The number of benzene rings is 1. The Balaban J connectivity index is 2.07. The van der Waals surface area contributed by atoms with Gasteiger partial charge in [0.1, 0.15) is 0 Å². The van der Waals surface area contributed by atoms with Crippen LogP contribution in [0.5, 0.6) is 0 Å². The Labute approximate surface area is 140 Å². The second-order valence-corrected chi connectivity index (χ2v) is 7.36. The first-order valence-corrected chi connectivity index (χ1v) is 8.96. The molecule has 1 amide bonds. The van der Waals surface area contributed by atoms with Gasteiger partial charge in [-0.15, -0.1) is 0 Å². The lowest BCUT2D eigenvalue weighted by molar-refractivity contribution is -0.116. The lowest BCUT2D eigenvalue weighted by Gasteiger charge is -2.19. The van der Waals surface area contributed by atoms with Crippen molar-refractivity contribution in [1.82, 2.24) is 9.29 Å². The molecular weight excluding hydrogens is 338 g/mol. The zero-order chi connectivity index (χ0) is 16.9. The number of carbonyl (C=O) groups is 1. The van der Waals surface area contributed by atoms with Gasteiger partial charge < -0.3 is 5.32 Å². The minimum atomic E-state index is -3.53. The first kappa shape index (κ1) is 17.4. The Morgan fingerprint density at radius 2 is 1.96 bits per heavy atom. The molecule has 23 heavy (non-hydrogen) atoms. The van der Waals surface area contributed by atoms with Gasteiger partial charge >= 0.3 is 0 Å². The molecule has 1 heterocycles. The van der Waals surface area contributed by atoms with Gasteiger partial charge in [-0.25, -0.2) is 8.42 Å². The van der Waals surface area contributed by atoms with Crippen molar-refractivity contribution in [3.8, 4) is 0 Å². The number of anilines is 1. The van der Waals surface area contributed by atoms with Crippen LogP contribution >= 0.6 is 11.6 Å². The van der Waals surface area contributed by atoms with E-state index in [0.717, 1.165) is 16.1 Å². The van der Waals surface area contributed by atoms with Crippen LogP contribution < -0.4 is 5.32 Å². The van der Waals surface area contributed by atoms with Crippen LogP contribution in [0.15, 0.2) is 48.8 Å². The van der Waals surface area contributed by atoms with E-state index in [4.69, 9.17) is 11.6 Å². The second-order valence-electron chi connectivity index (χ2n) is 4.95. The van der Waals surface area contributed by atoms with Crippen LogP contribution in [0.1, 0.15) is 5.56 Å². The van der Waals surface area contributed by atoms with Crippen molar-refractivity contribution in [1.29, 1.82) is 0 Å². The molecule has 6 nitrogen and oxygen atoms in total. The molecule has 1 N–H and O–H groups in total. The molecule has 0 aliphatic carbocycles. The summed E-state index contributed by atoms with van der Waals surface area (Å²) in [5, 5.41) is 3.11. The molecule has 2 aromatic rings. The molecule has 0 saturated heterocycles. The van der Waals surface area contributed by atoms with Gasteiger partial charge in [-0.05, 0) is 35.9 Å². The third kappa shape index (κ3) is 5.63. The minimum absolute atomic E-state index is 0.102. The van der Waals surface area contributed by atoms with Crippen molar-refractivity contribution >= 4 is 33.2 Å². The van der Waals surface area contributed by atoms with Gasteiger partial charge in [0.05, 0.1) is 12.8 Å². The number of rotatable bonds is 6. The highest BCUT2D eigenvalue weighted by atomic mass is 35.5. The number of pyridine rings is 1. The number of halogens is 1. The largest absolute Gasteiger partial charge is 0.325 e. The van der Waals surface area contributed by atoms with Gasteiger partial charge in [-0.1, -0.05) is 17.7 Å². The number of aromatic nitrogens is 1. The smallest absolute Gasteiger partial charge is 0.239 e. The summed E-state index contributed by atoms with van der Waals surface area (Å²) in [6, 6.07) is 10.1. The topological polar surface area (TPSA) is 79.4 Å². The molecule has 0 aliphatic heterocycles. The van der Waals surface area contributed by atoms with E-state index in [9.17, 15) is 13.2 Å². The van der Waals surface area contributed by atoms with E-state index >= 15 is 0 Å². The summed E-state index contributed by atoms with van der Waals surface area (Å²) in [5.74, 6) is -0.438. The number of hydrogen-bond donors (Lipinski definition) is 1. The van der Waals surface area contributed by atoms with Crippen LogP contribution in [0, 0.1) is 0 Å². The van der Waals surface area contributed by atoms with Crippen LogP contribution in [-0.2, 0) is 21.4 Å². The molecule has 122 valence electrons. The molecule has 0 saturated carbocycles. The number of nitrogens with zero attached hydrogens (tertiary/aromatic N) is 2. The van der Waals surface area contributed by atoms with E-state index in [0.29, 0.717) is 10.7 Å². The van der Waals surface area contributed by atoms with E-state index in [1.807, 2.05) is 0 Å². The molecule has 8 heteroatoms. The number of nitrogens with one attached hydrogen (secondary N) is 1. The van der Waals surface area contributed by atoms with E-state index in [-0.39, 0.29) is 13.1 Å². The molecule has 0 bridgehead atoms. The predicted octanol–water partition coefficient (Wildman–Crippen LogP) is 2.14. The third-order valence-corrected chi connectivity index (χ3v) is 4.44. The van der Waals surface area contributed by atoms with Gasteiger partial charge in [0, 0.05) is 29.6 Å². The van der Waals surface area contributed by atoms with Crippen molar-refractivity contribution in [2.75, 3.05) is 18.1 Å². The Bertz CT molecular complexity index is 782. The molecular formula is C15H16ClN3O3S. The molecule has 0 atom stereocenters. The van der Waals surface area contributed by atoms with E-state index < -0.39 is 15.9 Å². The lowest BCUT2D eigenvalue weighted by atomic mass is 10.3. The highest BCUT2D eigenvalue weighted by Crippen LogP contribution is 2.15. The van der Waals surface area contributed by atoms with Crippen molar-refractivity contribution < 1.29 is 13.2 Å². The normalized spacial score (nSPS) is 11.4. The van der Waals surface area contributed by atoms with Gasteiger partial charge in [0.2, 0.25) is 15.9 Å². The van der Waals surface area contributed by atoms with Crippen LogP contribution in [0.3, 0.4) is 0 Å². The van der Waals surface area contributed by atoms with E-state index in [2.05, 4.69) is 10.3 Å². The summed E-state index contributed by atoms with van der Waals surface area (Å²) in [7, 11) is -3.53. The summed E-state index contributed by atoms with van der Waals surface area (Å²) in [5.41, 5.74) is 1.26. The number of hydrogen-bond acceptors (Lipinski definition) is 4. The molecule has 0 aliphatic rings. The average molecular weight is 354 g/mol. The third-order valence-electron chi connectivity index (χ3n) is 3.01. The van der Waals surface area contributed by atoms with Gasteiger partial charge in [0.25, 0.3) is 0 Å². The SMILES string of the molecule is CS(=O)(=O)N(CC(=O)Nc1cccc(Cl)c1)Cc1ccncc1. The van der Waals surface area contributed by atoms with Crippen molar-refractivity contribution in [2.45, 2.75) is 6.54 Å². The van der Waals surface area contributed by atoms with E-state index in [1.165, 1.54) is 0 Å². The maximum atomic E-state index is 12.1. The maximum Gasteiger partial charge on any atom is 0.239 e. The van der Waals surface area contributed by atoms with Crippen molar-refractivity contribution in [3.63, 3.8) is 0 Å². The van der Waals surface area contributed by atoms with Gasteiger partial charge in [-0.2, -0.15) is 4.31 Å². The lowest BCUT2D eigenvalue weighted by Crippen LogP contribution is -2.36. The van der Waals surface area contributed by atoms with Crippen LogP contribution in [0.4, 0.5) is 5.69 Å². The number of sulfonamides is 1. The fourth-order valence-electron chi connectivity index (χ4n) is 1.91. The highest BCUT2D eigenvalue weighted by Gasteiger charge is 2.20.